The quantitative estimate of drug-likeness (QED) is 0.813. The highest BCUT2D eigenvalue weighted by Gasteiger charge is 2.22. The van der Waals surface area contributed by atoms with Crippen molar-refractivity contribution in [2.45, 2.75) is 25.3 Å². The van der Waals surface area contributed by atoms with Crippen LogP contribution in [0.2, 0.25) is 0 Å². The van der Waals surface area contributed by atoms with Crippen LogP contribution in [-0.2, 0) is 0 Å². The maximum atomic E-state index is 14.0. The van der Waals surface area contributed by atoms with Gasteiger partial charge < -0.3 is 14.8 Å². The van der Waals surface area contributed by atoms with Crippen molar-refractivity contribution in [3.63, 3.8) is 0 Å². The van der Waals surface area contributed by atoms with Crippen LogP contribution in [-0.4, -0.2) is 19.8 Å². The molecule has 1 saturated heterocycles. The molecule has 1 aromatic rings. The first-order valence-corrected chi connectivity index (χ1v) is 6.17. The van der Waals surface area contributed by atoms with Crippen molar-refractivity contribution in [1.82, 2.24) is 5.32 Å². The highest BCUT2D eigenvalue weighted by Crippen LogP contribution is 2.36. The van der Waals surface area contributed by atoms with Crippen molar-refractivity contribution < 1.29 is 13.9 Å². The summed E-state index contributed by atoms with van der Waals surface area (Å²) in [5.41, 5.74) is 0.703. The van der Waals surface area contributed by atoms with E-state index in [1.165, 1.54) is 12.5 Å². The number of hydrogen-bond acceptors (Lipinski definition) is 3. The average molecular weight is 237 g/mol. The molecule has 0 amide bonds. The fourth-order valence-electron chi connectivity index (χ4n) is 2.46. The average Bonchev–Trinajstić information content (AvgIpc) is 2.39. The first kappa shape index (κ1) is 10.8. The molecule has 0 spiro atoms. The van der Waals surface area contributed by atoms with E-state index in [1.54, 1.807) is 6.07 Å². The van der Waals surface area contributed by atoms with Crippen molar-refractivity contribution in [1.29, 1.82) is 0 Å². The molecule has 0 radical (unpaired) electrons. The molecule has 1 aromatic carbocycles. The zero-order valence-electron chi connectivity index (χ0n) is 9.67. The Balaban J connectivity index is 1.93. The summed E-state index contributed by atoms with van der Waals surface area (Å²) in [6, 6.07) is 3.34. The number of hydrogen-bond donors (Lipinski definition) is 1. The molecule has 0 bridgehead atoms. The molecule has 0 aromatic heterocycles. The number of rotatable bonds is 1. The van der Waals surface area contributed by atoms with Crippen LogP contribution < -0.4 is 14.8 Å². The Bertz CT molecular complexity index is 416. The molecule has 1 unspecified atom stereocenters. The van der Waals surface area contributed by atoms with E-state index in [2.05, 4.69) is 5.32 Å². The third-order valence-electron chi connectivity index (χ3n) is 3.35. The van der Waals surface area contributed by atoms with Gasteiger partial charge in [-0.25, -0.2) is 4.39 Å². The fourth-order valence-corrected chi connectivity index (χ4v) is 2.46. The predicted octanol–water partition coefficient (Wildman–Crippen LogP) is 2.41. The second kappa shape index (κ2) is 4.53. The zero-order chi connectivity index (χ0) is 11.7. The molecule has 2 heterocycles. The van der Waals surface area contributed by atoms with Gasteiger partial charge in [-0.2, -0.15) is 0 Å². The summed E-state index contributed by atoms with van der Waals surface area (Å²) in [7, 11) is 0. The molecule has 3 nitrogen and oxygen atoms in total. The van der Waals surface area contributed by atoms with Gasteiger partial charge in [-0.3, -0.25) is 0 Å². The third-order valence-corrected chi connectivity index (χ3v) is 3.35. The summed E-state index contributed by atoms with van der Waals surface area (Å²) in [6.07, 6.45) is 3.30. The summed E-state index contributed by atoms with van der Waals surface area (Å²) in [4.78, 5) is 0. The van der Waals surface area contributed by atoms with E-state index in [1.807, 2.05) is 0 Å². The van der Waals surface area contributed by atoms with Crippen LogP contribution in [0, 0.1) is 5.82 Å². The van der Waals surface area contributed by atoms with Gasteiger partial charge in [0.1, 0.15) is 19.0 Å². The molecule has 1 N–H and O–H groups in total. The van der Waals surface area contributed by atoms with E-state index < -0.39 is 0 Å². The highest BCUT2D eigenvalue weighted by molar-refractivity contribution is 5.45. The molecule has 0 saturated carbocycles. The van der Waals surface area contributed by atoms with E-state index in [-0.39, 0.29) is 11.9 Å². The number of piperidine rings is 1. The summed E-state index contributed by atoms with van der Waals surface area (Å²) < 4.78 is 24.8. The van der Waals surface area contributed by atoms with Gasteiger partial charge >= 0.3 is 0 Å². The van der Waals surface area contributed by atoms with Gasteiger partial charge in [0.05, 0.1) is 0 Å². The highest BCUT2D eigenvalue weighted by atomic mass is 19.1. The van der Waals surface area contributed by atoms with Crippen molar-refractivity contribution in [2.24, 2.45) is 0 Å². The Hall–Kier alpha value is -1.29. The first-order chi connectivity index (χ1) is 8.34. The molecule has 0 aliphatic carbocycles. The third kappa shape index (κ3) is 2.09. The van der Waals surface area contributed by atoms with Crippen molar-refractivity contribution in [3.05, 3.63) is 23.5 Å². The minimum atomic E-state index is -0.200. The first-order valence-electron chi connectivity index (χ1n) is 6.17. The second-order valence-corrected chi connectivity index (χ2v) is 4.52. The monoisotopic (exact) mass is 237 g/mol. The van der Waals surface area contributed by atoms with Crippen molar-refractivity contribution >= 4 is 0 Å². The summed E-state index contributed by atoms with van der Waals surface area (Å²) in [6.45, 7) is 1.99. The molecule has 3 rings (SSSR count). The van der Waals surface area contributed by atoms with Crippen LogP contribution in [0.15, 0.2) is 12.1 Å². The number of ether oxygens (including phenoxy) is 2. The van der Waals surface area contributed by atoms with E-state index in [0.717, 1.165) is 19.4 Å². The minimum Gasteiger partial charge on any atom is -0.486 e. The fraction of sp³-hybridized carbons (Fsp3) is 0.538. The molecular formula is C13H16FNO2. The summed E-state index contributed by atoms with van der Waals surface area (Å²) >= 11 is 0. The van der Waals surface area contributed by atoms with Gasteiger partial charge in [-0.05, 0) is 25.5 Å². The molecule has 1 atom stereocenters. The van der Waals surface area contributed by atoms with E-state index >= 15 is 0 Å². The van der Waals surface area contributed by atoms with Crippen LogP contribution in [0.25, 0.3) is 0 Å². The smallest absolute Gasteiger partial charge is 0.164 e. The lowest BCUT2D eigenvalue weighted by molar-refractivity contribution is 0.170. The number of fused-ring (bicyclic) bond motifs is 1. The Kier molecular flexibility index (Phi) is 2.89. The van der Waals surface area contributed by atoms with Gasteiger partial charge in [-0.1, -0.05) is 6.42 Å². The Labute approximate surface area is 99.9 Å². The summed E-state index contributed by atoms with van der Waals surface area (Å²) in [5, 5.41) is 3.35. The van der Waals surface area contributed by atoms with Crippen molar-refractivity contribution in [2.75, 3.05) is 19.8 Å². The number of halogens is 1. The van der Waals surface area contributed by atoms with Crippen LogP contribution in [0.3, 0.4) is 0 Å². The normalized spacial score (nSPS) is 23.5. The van der Waals surface area contributed by atoms with Crippen LogP contribution in [0.1, 0.15) is 30.9 Å². The lowest BCUT2D eigenvalue weighted by Crippen LogP contribution is -2.27. The van der Waals surface area contributed by atoms with E-state index in [0.29, 0.717) is 30.3 Å². The molecule has 2 aliphatic rings. The Morgan fingerprint density at radius 2 is 1.88 bits per heavy atom. The van der Waals surface area contributed by atoms with Crippen LogP contribution in [0.4, 0.5) is 4.39 Å². The van der Waals surface area contributed by atoms with E-state index in [9.17, 15) is 4.39 Å². The molecule has 2 aliphatic heterocycles. The molecule has 17 heavy (non-hydrogen) atoms. The van der Waals surface area contributed by atoms with Crippen LogP contribution >= 0.6 is 0 Å². The maximum Gasteiger partial charge on any atom is 0.164 e. The largest absolute Gasteiger partial charge is 0.486 e. The Morgan fingerprint density at radius 3 is 2.59 bits per heavy atom. The zero-order valence-corrected chi connectivity index (χ0v) is 9.67. The van der Waals surface area contributed by atoms with Crippen LogP contribution in [0.5, 0.6) is 11.5 Å². The topological polar surface area (TPSA) is 30.5 Å². The summed E-state index contributed by atoms with van der Waals surface area (Å²) in [5.74, 6) is 0.988. The molecule has 1 fully saturated rings. The molecular weight excluding hydrogens is 221 g/mol. The maximum absolute atomic E-state index is 14.0. The number of nitrogens with one attached hydrogen (secondary N) is 1. The van der Waals surface area contributed by atoms with Gasteiger partial charge in [0.15, 0.2) is 11.5 Å². The Morgan fingerprint density at radius 1 is 1.12 bits per heavy atom. The SMILES string of the molecule is Fc1cc2c(cc1C1CCCCN1)OCCO2. The van der Waals surface area contributed by atoms with Gasteiger partial charge in [0.25, 0.3) is 0 Å². The standard InChI is InChI=1S/C13H16FNO2/c14-10-8-13-12(16-5-6-17-13)7-9(10)11-3-1-2-4-15-11/h7-8,11,15H,1-6H2. The number of benzene rings is 1. The van der Waals surface area contributed by atoms with Gasteiger partial charge in [-0.15, -0.1) is 0 Å². The van der Waals surface area contributed by atoms with Gasteiger partial charge in [0.2, 0.25) is 0 Å². The minimum absolute atomic E-state index is 0.111. The lowest BCUT2D eigenvalue weighted by atomic mass is 9.96. The molecule has 92 valence electrons. The van der Waals surface area contributed by atoms with Crippen molar-refractivity contribution in [3.8, 4) is 11.5 Å². The lowest BCUT2D eigenvalue weighted by Gasteiger charge is -2.26. The second-order valence-electron chi connectivity index (χ2n) is 4.52. The van der Waals surface area contributed by atoms with Gasteiger partial charge in [0, 0.05) is 17.7 Å². The predicted molar refractivity (Wildman–Crippen MR) is 62.0 cm³/mol. The van der Waals surface area contributed by atoms with E-state index in [4.69, 9.17) is 9.47 Å². The molecule has 4 heteroatoms.